The van der Waals surface area contributed by atoms with Gasteiger partial charge in [0.2, 0.25) is 11.8 Å². The molecule has 0 radical (unpaired) electrons. The second-order valence-corrected chi connectivity index (χ2v) is 4.84. The molecule has 0 spiro atoms. The second kappa shape index (κ2) is 4.31. The lowest BCUT2D eigenvalue weighted by Crippen LogP contribution is -2.40. The zero-order valence-electron chi connectivity index (χ0n) is 9.62. The molecular formula is C11H19NO3. The van der Waals surface area contributed by atoms with Gasteiger partial charge in [-0.1, -0.05) is 13.8 Å². The zero-order chi connectivity index (χ0) is 11.6. The molecule has 0 bridgehead atoms. The van der Waals surface area contributed by atoms with E-state index in [0.717, 1.165) is 0 Å². The third-order valence-corrected chi connectivity index (χ3v) is 2.88. The van der Waals surface area contributed by atoms with Crippen LogP contribution >= 0.6 is 0 Å². The molecule has 1 N–H and O–H groups in total. The van der Waals surface area contributed by atoms with Crippen LogP contribution in [0.2, 0.25) is 0 Å². The molecule has 1 aliphatic heterocycles. The highest BCUT2D eigenvalue weighted by Gasteiger charge is 2.46. The van der Waals surface area contributed by atoms with Crippen LogP contribution in [0.4, 0.5) is 0 Å². The van der Waals surface area contributed by atoms with Gasteiger partial charge in [-0.2, -0.15) is 0 Å². The average Bonchev–Trinajstić information content (AvgIpc) is 2.33. The van der Waals surface area contributed by atoms with Crippen molar-refractivity contribution in [2.24, 2.45) is 5.41 Å². The quantitative estimate of drug-likeness (QED) is 0.707. The number of aliphatic hydroxyl groups is 1. The van der Waals surface area contributed by atoms with Gasteiger partial charge in [0.15, 0.2) is 0 Å². The molecule has 0 aromatic carbocycles. The van der Waals surface area contributed by atoms with Crippen LogP contribution in [0.3, 0.4) is 0 Å². The van der Waals surface area contributed by atoms with Crippen LogP contribution < -0.4 is 0 Å². The first-order valence-corrected chi connectivity index (χ1v) is 5.37. The number of carbonyl (C=O) groups is 2. The molecule has 0 aliphatic carbocycles. The lowest BCUT2D eigenvalue weighted by Gasteiger charge is -2.24. The molecule has 15 heavy (non-hydrogen) atoms. The van der Waals surface area contributed by atoms with E-state index in [2.05, 4.69) is 0 Å². The fraction of sp³-hybridized carbons (Fsp3) is 0.818. The maximum Gasteiger partial charge on any atom is 0.235 e. The van der Waals surface area contributed by atoms with Gasteiger partial charge in [-0.25, -0.2) is 0 Å². The summed E-state index contributed by atoms with van der Waals surface area (Å²) in [6.45, 7) is 5.55. The van der Waals surface area contributed by atoms with Crippen molar-refractivity contribution in [1.29, 1.82) is 0 Å². The minimum atomic E-state index is -0.551. The summed E-state index contributed by atoms with van der Waals surface area (Å²) in [5, 5.41) is 8.70. The van der Waals surface area contributed by atoms with E-state index in [1.54, 1.807) is 13.8 Å². The normalized spacial score (nSPS) is 22.3. The van der Waals surface area contributed by atoms with Crippen molar-refractivity contribution in [3.63, 3.8) is 0 Å². The Morgan fingerprint density at radius 2 is 2.07 bits per heavy atom. The number of imide groups is 1. The van der Waals surface area contributed by atoms with Crippen LogP contribution in [-0.2, 0) is 9.59 Å². The van der Waals surface area contributed by atoms with E-state index in [1.165, 1.54) is 4.90 Å². The molecule has 1 fully saturated rings. The summed E-state index contributed by atoms with van der Waals surface area (Å²) >= 11 is 0. The number of nitrogens with zero attached hydrogens (tertiary/aromatic N) is 1. The Morgan fingerprint density at radius 3 is 2.47 bits per heavy atom. The van der Waals surface area contributed by atoms with Crippen LogP contribution in [-0.4, -0.2) is 34.5 Å². The van der Waals surface area contributed by atoms with Crippen LogP contribution in [0.5, 0.6) is 0 Å². The summed E-state index contributed by atoms with van der Waals surface area (Å²) < 4.78 is 0. The van der Waals surface area contributed by atoms with Gasteiger partial charge in [-0.05, 0) is 19.8 Å². The number of aliphatic hydroxyl groups excluding tert-OH is 1. The molecule has 1 atom stereocenters. The van der Waals surface area contributed by atoms with Gasteiger partial charge in [0, 0.05) is 19.1 Å². The monoisotopic (exact) mass is 213 g/mol. The van der Waals surface area contributed by atoms with Crippen molar-refractivity contribution in [1.82, 2.24) is 4.90 Å². The van der Waals surface area contributed by atoms with Crippen molar-refractivity contribution in [3.05, 3.63) is 0 Å². The molecule has 4 heteroatoms. The summed E-state index contributed by atoms with van der Waals surface area (Å²) in [6, 6.07) is -0.0982. The molecular weight excluding hydrogens is 194 g/mol. The molecule has 1 aliphatic rings. The topological polar surface area (TPSA) is 57.6 Å². The van der Waals surface area contributed by atoms with Crippen LogP contribution in [0, 0.1) is 5.41 Å². The fourth-order valence-corrected chi connectivity index (χ4v) is 1.94. The van der Waals surface area contributed by atoms with E-state index in [0.29, 0.717) is 19.3 Å². The molecule has 1 unspecified atom stereocenters. The zero-order valence-corrected chi connectivity index (χ0v) is 9.62. The first kappa shape index (κ1) is 12.2. The minimum absolute atomic E-state index is 0.0852. The predicted octanol–water partition coefficient (Wildman–Crippen LogP) is 0.933. The van der Waals surface area contributed by atoms with Crippen LogP contribution in [0.1, 0.15) is 40.0 Å². The van der Waals surface area contributed by atoms with Crippen molar-refractivity contribution >= 4 is 11.8 Å². The Balaban J connectivity index is 2.70. The molecule has 0 aromatic heterocycles. The van der Waals surface area contributed by atoms with Gasteiger partial charge < -0.3 is 5.11 Å². The molecule has 1 rings (SSSR count). The van der Waals surface area contributed by atoms with E-state index in [1.807, 2.05) is 6.92 Å². The first-order chi connectivity index (χ1) is 6.90. The highest BCUT2D eigenvalue weighted by atomic mass is 16.3. The Kier molecular flexibility index (Phi) is 3.50. The summed E-state index contributed by atoms with van der Waals surface area (Å²) in [5.41, 5.74) is -0.551. The molecule has 2 amide bonds. The first-order valence-electron chi connectivity index (χ1n) is 5.37. The number of carbonyl (C=O) groups excluding carboxylic acids is 2. The number of hydrogen-bond donors (Lipinski definition) is 1. The van der Waals surface area contributed by atoms with Gasteiger partial charge >= 0.3 is 0 Å². The fourth-order valence-electron chi connectivity index (χ4n) is 1.94. The van der Waals surface area contributed by atoms with E-state index in [4.69, 9.17) is 5.11 Å². The number of hydrogen-bond acceptors (Lipinski definition) is 3. The largest absolute Gasteiger partial charge is 0.396 e. The van der Waals surface area contributed by atoms with Crippen molar-refractivity contribution < 1.29 is 14.7 Å². The SMILES string of the molecule is CC(CCCO)N1C(=O)CC(C)(C)C1=O. The second-order valence-electron chi connectivity index (χ2n) is 4.84. The van der Waals surface area contributed by atoms with Gasteiger partial charge in [0.25, 0.3) is 0 Å². The number of amides is 2. The molecule has 4 nitrogen and oxygen atoms in total. The van der Waals surface area contributed by atoms with Crippen LogP contribution in [0.15, 0.2) is 0 Å². The third-order valence-electron chi connectivity index (χ3n) is 2.88. The number of rotatable bonds is 4. The van der Waals surface area contributed by atoms with Gasteiger partial charge in [-0.3, -0.25) is 14.5 Å². The number of likely N-dealkylation sites (tertiary alicyclic amines) is 1. The highest BCUT2D eigenvalue weighted by Crippen LogP contribution is 2.33. The maximum absolute atomic E-state index is 11.9. The van der Waals surface area contributed by atoms with Gasteiger partial charge in [0.1, 0.15) is 0 Å². The van der Waals surface area contributed by atoms with Crippen molar-refractivity contribution in [2.45, 2.75) is 46.1 Å². The lowest BCUT2D eigenvalue weighted by molar-refractivity contribution is -0.143. The third kappa shape index (κ3) is 2.37. The van der Waals surface area contributed by atoms with Gasteiger partial charge in [-0.15, -0.1) is 0 Å². The van der Waals surface area contributed by atoms with E-state index < -0.39 is 5.41 Å². The van der Waals surface area contributed by atoms with Crippen molar-refractivity contribution in [3.8, 4) is 0 Å². The Morgan fingerprint density at radius 1 is 1.47 bits per heavy atom. The molecule has 1 saturated heterocycles. The Bertz CT molecular complexity index is 273. The standard InChI is InChI=1S/C11H19NO3/c1-8(5-4-6-13)12-9(14)7-11(2,3)10(12)15/h8,13H,4-7H2,1-3H3. The summed E-state index contributed by atoms with van der Waals surface area (Å²) in [4.78, 5) is 24.9. The van der Waals surface area contributed by atoms with Crippen molar-refractivity contribution in [2.75, 3.05) is 6.61 Å². The molecule has 1 heterocycles. The van der Waals surface area contributed by atoms with E-state index >= 15 is 0 Å². The summed E-state index contributed by atoms with van der Waals surface area (Å²) in [5.74, 6) is -0.173. The highest BCUT2D eigenvalue weighted by molar-refractivity contribution is 6.05. The smallest absolute Gasteiger partial charge is 0.235 e. The Labute approximate surface area is 90.3 Å². The van der Waals surface area contributed by atoms with Gasteiger partial charge in [0.05, 0.1) is 5.41 Å². The molecule has 0 aromatic rings. The average molecular weight is 213 g/mol. The summed E-state index contributed by atoms with van der Waals surface area (Å²) in [7, 11) is 0. The van der Waals surface area contributed by atoms with E-state index in [-0.39, 0.29) is 24.5 Å². The summed E-state index contributed by atoms with van der Waals surface area (Å²) in [6.07, 6.45) is 1.60. The van der Waals surface area contributed by atoms with E-state index in [9.17, 15) is 9.59 Å². The minimum Gasteiger partial charge on any atom is -0.396 e. The predicted molar refractivity (Wildman–Crippen MR) is 56.0 cm³/mol. The maximum atomic E-state index is 11.9. The molecule has 86 valence electrons. The Hall–Kier alpha value is -0.900. The van der Waals surface area contributed by atoms with Crippen LogP contribution in [0.25, 0.3) is 0 Å². The lowest BCUT2D eigenvalue weighted by atomic mass is 9.92. The molecule has 0 saturated carbocycles.